The molecule has 19 heavy (non-hydrogen) atoms. The number of amides is 1. The lowest BCUT2D eigenvalue weighted by Crippen LogP contribution is -2.33. The number of carbonyl (C=O) groups excluding carboxylic acids is 1. The highest BCUT2D eigenvalue weighted by Crippen LogP contribution is 2.27. The fraction of sp³-hybridized carbons (Fsp3) is 0.588. The number of hydrogen-bond acceptors (Lipinski definition) is 1. The first-order valence-corrected chi connectivity index (χ1v) is 7.57. The van der Waals surface area contributed by atoms with E-state index in [1.165, 1.54) is 31.2 Å². The van der Waals surface area contributed by atoms with Crippen molar-refractivity contribution in [2.45, 2.75) is 57.9 Å². The fourth-order valence-corrected chi connectivity index (χ4v) is 2.91. The predicted molar refractivity (Wildman–Crippen MR) is 78.9 cm³/mol. The van der Waals surface area contributed by atoms with Crippen LogP contribution in [-0.2, 0) is 11.2 Å². The maximum Gasteiger partial charge on any atom is 0.220 e. The van der Waals surface area contributed by atoms with E-state index in [0.29, 0.717) is 5.92 Å². The third-order valence-corrected chi connectivity index (χ3v) is 4.07. The topological polar surface area (TPSA) is 29.1 Å². The van der Waals surface area contributed by atoms with E-state index in [1.54, 1.807) is 0 Å². The lowest BCUT2D eigenvalue weighted by atomic mass is 10.0. The minimum atomic E-state index is 0.243. The highest BCUT2D eigenvalue weighted by atomic mass is 16.1. The molecule has 0 saturated heterocycles. The molecule has 1 amide bonds. The Morgan fingerprint density at radius 2 is 1.95 bits per heavy atom. The zero-order valence-corrected chi connectivity index (χ0v) is 11.9. The van der Waals surface area contributed by atoms with E-state index in [9.17, 15) is 4.79 Å². The maximum atomic E-state index is 11.9. The van der Waals surface area contributed by atoms with Gasteiger partial charge in [0.05, 0.1) is 0 Å². The monoisotopic (exact) mass is 259 g/mol. The molecule has 0 aromatic heterocycles. The summed E-state index contributed by atoms with van der Waals surface area (Å²) in [5, 5.41) is 3.14. The number of rotatable bonds is 6. The van der Waals surface area contributed by atoms with Crippen LogP contribution >= 0.6 is 0 Å². The van der Waals surface area contributed by atoms with Crippen molar-refractivity contribution in [3.63, 3.8) is 0 Å². The Labute approximate surface area is 116 Å². The smallest absolute Gasteiger partial charge is 0.220 e. The van der Waals surface area contributed by atoms with E-state index < -0.39 is 0 Å². The number of nitrogens with one attached hydrogen (secondary N) is 1. The Balaban J connectivity index is 1.65. The standard InChI is InChI=1S/C17H25NO/c1-14(11-12-15-7-3-2-4-8-15)18-17(19)13-16-9-5-6-10-16/h2-4,7-8,14,16H,5-6,9-13H2,1H3,(H,18,19). The molecule has 1 aromatic rings. The van der Waals surface area contributed by atoms with Gasteiger partial charge in [-0.1, -0.05) is 43.2 Å². The molecular formula is C17H25NO. The predicted octanol–water partition coefficient (Wildman–Crippen LogP) is 3.70. The van der Waals surface area contributed by atoms with Gasteiger partial charge in [-0.05, 0) is 44.1 Å². The van der Waals surface area contributed by atoms with E-state index in [1.807, 2.05) is 6.07 Å². The van der Waals surface area contributed by atoms with Crippen molar-refractivity contribution in [3.05, 3.63) is 35.9 Å². The molecule has 2 nitrogen and oxygen atoms in total. The van der Waals surface area contributed by atoms with Gasteiger partial charge in [-0.2, -0.15) is 0 Å². The van der Waals surface area contributed by atoms with Crippen molar-refractivity contribution in [1.82, 2.24) is 5.32 Å². The maximum absolute atomic E-state index is 11.9. The highest BCUT2D eigenvalue weighted by molar-refractivity contribution is 5.76. The Hall–Kier alpha value is -1.31. The SMILES string of the molecule is CC(CCc1ccccc1)NC(=O)CC1CCCC1. The second kappa shape index (κ2) is 7.32. The molecular weight excluding hydrogens is 234 g/mol. The van der Waals surface area contributed by atoms with Crippen molar-refractivity contribution in [1.29, 1.82) is 0 Å². The average Bonchev–Trinajstić information content (AvgIpc) is 2.90. The molecule has 1 fully saturated rings. The first-order chi connectivity index (χ1) is 9.24. The molecule has 0 spiro atoms. The van der Waals surface area contributed by atoms with Gasteiger partial charge in [0.15, 0.2) is 0 Å². The average molecular weight is 259 g/mol. The van der Waals surface area contributed by atoms with Crippen molar-refractivity contribution in [2.24, 2.45) is 5.92 Å². The Kier molecular flexibility index (Phi) is 5.44. The molecule has 1 atom stereocenters. The van der Waals surface area contributed by atoms with Gasteiger partial charge in [-0.25, -0.2) is 0 Å². The molecule has 1 unspecified atom stereocenters. The van der Waals surface area contributed by atoms with Crippen LogP contribution in [0, 0.1) is 5.92 Å². The van der Waals surface area contributed by atoms with Crippen molar-refractivity contribution >= 4 is 5.91 Å². The van der Waals surface area contributed by atoms with Crippen LogP contribution in [0.5, 0.6) is 0 Å². The molecule has 0 radical (unpaired) electrons. The summed E-state index contributed by atoms with van der Waals surface area (Å²) in [5.74, 6) is 0.883. The zero-order chi connectivity index (χ0) is 13.5. The summed E-state index contributed by atoms with van der Waals surface area (Å²) < 4.78 is 0. The Morgan fingerprint density at radius 3 is 2.63 bits per heavy atom. The summed E-state index contributed by atoms with van der Waals surface area (Å²) >= 11 is 0. The zero-order valence-electron chi connectivity index (χ0n) is 11.9. The van der Waals surface area contributed by atoms with Gasteiger partial charge in [-0.15, -0.1) is 0 Å². The molecule has 1 aliphatic carbocycles. The second-order valence-corrected chi connectivity index (χ2v) is 5.85. The van der Waals surface area contributed by atoms with Crippen LogP contribution in [0.3, 0.4) is 0 Å². The van der Waals surface area contributed by atoms with E-state index in [-0.39, 0.29) is 11.9 Å². The molecule has 1 saturated carbocycles. The van der Waals surface area contributed by atoms with Crippen LogP contribution in [0.25, 0.3) is 0 Å². The van der Waals surface area contributed by atoms with Gasteiger partial charge in [-0.3, -0.25) is 4.79 Å². The van der Waals surface area contributed by atoms with Crippen molar-refractivity contribution in [2.75, 3.05) is 0 Å². The minimum Gasteiger partial charge on any atom is -0.354 e. The molecule has 0 heterocycles. The fourth-order valence-electron chi connectivity index (χ4n) is 2.91. The van der Waals surface area contributed by atoms with Gasteiger partial charge in [0.2, 0.25) is 5.91 Å². The van der Waals surface area contributed by atoms with E-state index >= 15 is 0 Å². The summed E-state index contributed by atoms with van der Waals surface area (Å²) in [6.07, 6.45) is 7.88. The summed E-state index contributed by atoms with van der Waals surface area (Å²) in [7, 11) is 0. The Bertz CT molecular complexity index is 382. The van der Waals surface area contributed by atoms with Crippen molar-refractivity contribution in [3.8, 4) is 0 Å². The normalized spacial score (nSPS) is 17.3. The second-order valence-electron chi connectivity index (χ2n) is 5.85. The van der Waals surface area contributed by atoms with E-state index in [2.05, 4.69) is 36.5 Å². The summed E-state index contributed by atoms with van der Waals surface area (Å²) in [5.41, 5.74) is 1.35. The van der Waals surface area contributed by atoms with E-state index in [4.69, 9.17) is 0 Å². The lowest BCUT2D eigenvalue weighted by Gasteiger charge is -2.15. The molecule has 0 aliphatic heterocycles. The largest absolute Gasteiger partial charge is 0.354 e. The third-order valence-electron chi connectivity index (χ3n) is 4.07. The molecule has 2 rings (SSSR count). The van der Waals surface area contributed by atoms with Crippen LogP contribution in [-0.4, -0.2) is 11.9 Å². The molecule has 1 N–H and O–H groups in total. The summed E-state index contributed by atoms with van der Waals surface area (Å²) in [6.45, 7) is 2.11. The molecule has 0 bridgehead atoms. The first-order valence-electron chi connectivity index (χ1n) is 7.57. The van der Waals surface area contributed by atoms with Gasteiger partial charge in [0.25, 0.3) is 0 Å². The lowest BCUT2D eigenvalue weighted by molar-refractivity contribution is -0.122. The number of aryl methyl sites for hydroxylation is 1. The van der Waals surface area contributed by atoms with Crippen LogP contribution < -0.4 is 5.32 Å². The minimum absolute atomic E-state index is 0.243. The number of carbonyl (C=O) groups is 1. The van der Waals surface area contributed by atoms with Crippen LogP contribution in [0.2, 0.25) is 0 Å². The third kappa shape index (κ3) is 5.06. The van der Waals surface area contributed by atoms with Gasteiger partial charge < -0.3 is 5.32 Å². The van der Waals surface area contributed by atoms with Gasteiger partial charge >= 0.3 is 0 Å². The van der Waals surface area contributed by atoms with Crippen LogP contribution in [0.15, 0.2) is 30.3 Å². The van der Waals surface area contributed by atoms with Crippen LogP contribution in [0.1, 0.15) is 51.0 Å². The van der Waals surface area contributed by atoms with E-state index in [0.717, 1.165) is 19.3 Å². The molecule has 1 aromatic carbocycles. The number of benzene rings is 1. The summed E-state index contributed by atoms with van der Waals surface area (Å²) in [4.78, 5) is 11.9. The quantitative estimate of drug-likeness (QED) is 0.829. The van der Waals surface area contributed by atoms with Crippen LogP contribution in [0.4, 0.5) is 0 Å². The highest BCUT2D eigenvalue weighted by Gasteiger charge is 2.19. The molecule has 104 valence electrons. The number of hydrogen-bond donors (Lipinski definition) is 1. The summed E-state index contributed by atoms with van der Waals surface area (Å²) in [6, 6.07) is 10.7. The first kappa shape index (κ1) is 14.1. The van der Waals surface area contributed by atoms with Gasteiger partial charge in [0, 0.05) is 12.5 Å². The molecule has 2 heteroatoms. The van der Waals surface area contributed by atoms with Crippen molar-refractivity contribution < 1.29 is 4.79 Å². The molecule has 1 aliphatic rings. The van der Waals surface area contributed by atoms with Gasteiger partial charge in [0.1, 0.15) is 0 Å². The Morgan fingerprint density at radius 1 is 1.26 bits per heavy atom.